The van der Waals surface area contributed by atoms with Gasteiger partial charge >= 0.3 is 0 Å². The number of rotatable bonds is 4. The number of halogens is 2. The Morgan fingerprint density at radius 3 is 2.77 bits per heavy atom. The highest BCUT2D eigenvalue weighted by molar-refractivity contribution is 7.11. The van der Waals surface area contributed by atoms with Gasteiger partial charge in [0.05, 0.1) is 17.6 Å². The van der Waals surface area contributed by atoms with Gasteiger partial charge in [-0.1, -0.05) is 29.3 Å². The highest BCUT2D eigenvalue weighted by Crippen LogP contribution is 2.26. The van der Waals surface area contributed by atoms with Gasteiger partial charge in [0.1, 0.15) is 0 Å². The smallest absolute Gasteiger partial charge is 0.191 e. The molecule has 0 aliphatic carbocycles. The summed E-state index contributed by atoms with van der Waals surface area (Å²) in [7, 11) is 1.74. The maximum atomic E-state index is 6.24. The third kappa shape index (κ3) is 4.60. The van der Waals surface area contributed by atoms with Crippen LogP contribution in [0.25, 0.3) is 0 Å². The Hall–Kier alpha value is -1.30. The number of hydrogen-bond donors (Lipinski definition) is 2. The van der Waals surface area contributed by atoms with Crippen LogP contribution in [0.15, 0.2) is 29.4 Å². The summed E-state index contributed by atoms with van der Waals surface area (Å²) in [5.41, 5.74) is 0.975. The molecule has 0 saturated heterocycles. The number of aromatic nitrogens is 1. The summed E-state index contributed by atoms with van der Waals surface area (Å²) >= 11 is 13.8. The molecule has 0 aliphatic heterocycles. The van der Waals surface area contributed by atoms with Gasteiger partial charge in [-0.3, -0.25) is 4.99 Å². The van der Waals surface area contributed by atoms with Crippen LogP contribution in [0.5, 0.6) is 0 Å². The molecule has 0 radical (unpaired) electrons. The van der Waals surface area contributed by atoms with Crippen molar-refractivity contribution < 1.29 is 0 Å². The Bertz CT molecular complexity index is 669. The highest BCUT2D eigenvalue weighted by atomic mass is 35.5. The minimum Gasteiger partial charge on any atom is -0.351 e. The van der Waals surface area contributed by atoms with Crippen LogP contribution in [0.1, 0.15) is 28.4 Å². The van der Waals surface area contributed by atoms with Gasteiger partial charge in [-0.2, -0.15) is 0 Å². The lowest BCUT2D eigenvalue weighted by Crippen LogP contribution is -2.38. The number of thiazole rings is 1. The molecule has 0 amide bonds. The lowest BCUT2D eigenvalue weighted by Gasteiger charge is -2.19. The number of hydrogen-bond acceptors (Lipinski definition) is 3. The first kappa shape index (κ1) is 17.1. The Morgan fingerprint density at radius 1 is 1.41 bits per heavy atom. The second-order valence-corrected chi connectivity index (χ2v) is 6.97. The SMILES string of the molecule is CN=C(NCc1cnc(C)s1)NC(C)c1ccc(Cl)cc1Cl. The molecule has 22 heavy (non-hydrogen) atoms. The van der Waals surface area contributed by atoms with Gasteiger partial charge < -0.3 is 10.6 Å². The summed E-state index contributed by atoms with van der Waals surface area (Å²) in [6.07, 6.45) is 1.87. The average Bonchev–Trinajstić information content (AvgIpc) is 2.88. The molecule has 0 fully saturated rings. The molecule has 2 rings (SSSR count). The fourth-order valence-electron chi connectivity index (χ4n) is 1.99. The summed E-state index contributed by atoms with van der Waals surface area (Å²) in [5.74, 6) is 0.713. The first-order valence-electron chi connectivity index (χ1n) is 6.83. The third-order valence-electron chi connectivity index (χ3n) is 3.11. The molecule has 1 aromatic carbocycles. The summed E-state index contributed by atoms with van der Waals surface area (Å²) in [4.78, 5) is 9.63. The minimum absolute atomic E-state index is 0.0131. The van der Waals surface area contributed by atoms with Crippen molar-refractivity contribution in [1.82, 2.24) is 15.6 Å². The lowest BCUT2D eigenvalue weighted by atomic mass is 10.1. The number of benzene rings is 1. The Kier molecular flexibility index (Phi) is 6.06. The molecular weight excluding hydrogens is 339 g/mol. The predicted octanol–water partition coefficient (Wildman–Crippen LogP) is 4.18. The number of guanidine groups is 1. The number of aliphatic imine (C=N–C) groups is 1. The molecule has 2 N–H and O–H groups in total. The lowest BCUT2D eigenvalue weighted by molar-refractivity contribution is 0.686. The van der Waals surface area contributed by atoms with Crippen LogP contribution in [-0.2, 0) is 6.54 Å². The molecule has 0 spiro atoms. The van der Waals surface area contributed by atoms with Crippen LogP contribution < -0.4 is 10.6 Å². The van der Waals surface area contributed by atoms with Gasteiger partial charge in [0.25, 0.3) is 0 Å². The summed E-state index contributed by atoms with van der Waals surface area (Å²) in [6.45, 7) is 4.71. The van der Waals surface area contributed by atoms with E-state index < -0.39 is 0 Å². The molecule has 7 heteroatoms. The summed E-state index contributed by atoms with van der Waals surface area (Å²) < 4.78 is 0. The molecule has 1 unspecified atom stereocenters. The van der Waals surface area contributed by atoms with Gasteiger partial charge in [0.2, 0.25) is 0 Å². The van der Waals surface area contributed by atoms with Crippen molar-refractivity contribution in [1.29, 1.82) is 0 Å². The van der Waals surface area contributed by atoms with Crippen LogP contribution in [0, 0.1) is 6.92 Å². The maximum Gasteiger partial charge on any atom is 0.191 e. The zero-order valence-electron chi connectivity index (χ0n) is 12.7. The van der Waals surface area contributed by atoms with Crippen molar-refractivity contribution in [2.45, 2.75) is 26.4 Å². The molecular formula is C15H18Cl2N4S. The average molecular weight is 357 g/mol. The van der Waals surface area contributed by atoms with E-state index in [9.17, 15) is 0 Å². The molecule has 4 nitrogen and oxygen atoms in total. The highest BCUT2D eigenvalue weighted by Gasteiger charge is 2.12. The van der Waals surface area contributed by atoms with Crippen molar-refractivity contribution >= 4 is 40.5 Å². The standard InChI is InChI=1S/C15H18Cl2N4S/c1-9(13-5-4-11(16)6-14(13)17)21-15(18-3)20-8-12-7-19-10(2)22-12/h4-7,9H,8H2,1-3H3,(H2,18,20,21). The van der Waals surface area contributed by atoms with Crippen LogP contribution in [0.2, 0.25) is 10.0 Å². The van der Waals surface area contributed by atoms with E-state index in [-0.39, 0.29) is 6.04 Å². The van der Waals surface area contributed by atoms with Gasteiger partial charge in [-0.25, -0.2) is 4.98 Å². The quantitative estimate of drug-likeness (QED) is 0.637. The van der Waals surface area contributed by atoms with Crippen molar-refractivity contribution in [3.05, 3.63) is 49.9 Å². The molecule has 118 valence electrons. The number of aryl methyl sites for hydroxylation is 1. The van der Waals surface area contributed by atoms with E-state index in [0.717, 1.165) is 15.4 Å². The largest absolute Gasteiger partial charge is 0.351 e. The van der Waals surface area contributed by atoms with Gasteiger partial charge in [0, 0.05) is 28.2 Å². The molecule has 1 heterocycles. The predicted molar refractivity (Wildman–Crippen MR) is 95.1 cm³/mol. The molecule has 1 atom stereocenters. The molecule has 1 aromatic heterocycles. The summed E-state index contributed by atoms with van der Waals surface area (Å²) in [6, 6.07) is 5.51. The molecule has 0 aliphatic rings. The number of nitrogens with zero attached hydrogens (tertiary/aromatic N) is 2. The van der Waals surface area contributed by atoms with E-state index in [0.29, 0.717) is 22.5 Å². The first-order valence-corrected chi connectivity index (χ1v) is 8.40. The van der Waals surface area contributed by atoms with Crippen molar-refractivity contribution in [2.24, 2.45) is 4.99 Å². The van der Waals surface area contributed by atoms with E-state index in [2.05, 4.69) is 20.6 Å². The summed E-state index contributed by atoms with van der Waals surface area (Å²) in [5, 5.41) is 8.91. The fraction of sp³-hybridized carbons (Fsp3) is 0.333. The second kappa shape index (κ2) is 7.81. The molecule has 0 saturated carbocycles. The monoisotopic (exact) mass is 356 g/mol. The third-order valence-corrected chi connectivity index (χ3v) is 4.58. The van der Waals surface area contributed by atoms with Crippen LogP contribution >= 0.6 is 34.5 Å². The zero-order valence-corrected chi connectivity index (χ0v) is 15.0. The molecule has 0 bridgehead atoms. The maximum absolute atomic E-state index is 6.24. The molecule has 2 aromatic rings. The van der Waals surface area contributed by atoms with Crippen molar-refractivity contribution in [3.63, 3.8) is 0 Å². The zero-order chi connectivity index (χ0) is 16.1. The van der Waals surface area contributed by atoms with Gasteiger partial charge in [0.15, 0.2) is 5.96 Å². The first-order chi connectivity index (χ1) is 10.5. The normalized spacial score (nSPS) is 13.0. The Labute approximate surface area is 144 Å². The van der Waals surface area contributed by atoms with E-state index in [4.69, 9.17) is 23.2 Å². The number of nitrogens with one attached hydrogen (secondary N) is 2. The van der Waals surface area contributed by atoms with Crippen molar-refractivity contribution in [3.8, 4) is 0 Å². The van der Waals surface area contributed by atoms with Gasteiger partial charge in [-0.15, -0.1) is 11.3 Å². The van der Waals surface area contributed by atoms with Crippen LogP contribution in [0.4, 0.5) is 0 Å². The van der Waals surface area contributed by atoms with E-state index in [1.807, 2.05) is 32.2 Å². The van der Waals surface area contributed by atoms with Crippen molar-refractivity contribution in [2.75, 3.05) is 7.05 Å². The minimum atomic E-state index is 0.0131. The van der Waals surface area contributed by atoms with E-state index in [1.165, 1.54) is 0 Å². The fourth-order valence-corrected chi connectivity index (χ4v) is 3.29. The second-order valence-electron chi connectivity index (χ2n) is 4.80. The Morgan fingerprint density at radius 2 is 2.18 bits per heavy atom. The van der Waals surface area contributed by atoms with Crippen LogP contribution in [0.3, 0.4) is 0 Å². The van der Waals surface area contributed by atoms with E-state index in [1.54, 1.807) is 24.5 Å². The van der Waals surface area contributed by atoms with Gasteiger partial charge in [-0.05, 0) is 31.5 Å². The van der Waals surface area contributed by atoms with E-state index >= 15 is 0 Å². The Balaban J connectivity index is 1.97. The topological polar surface area (TPSA) is 49.3 Å². The van der Waals surface area contributed by atoms with Crippen LogP contribution in [-0.4, -0.2) is 18.0 Å².